The lowest BCUT2D eigenvalue weighted by Crippen LogP contribution is -2.52. The maximum absolute atomic E-state index is 15.2. The number of piperazine rings is 1. The van der Waals surface area contributed by atoms with Crippen LogP contribution in [0.5, 0.6) is 0 Å². The summed E-state index contributed by atoms with van der Waals surface area (Å²) >= 11 is 0. The second kappa shape index (κ2) is 17.0. The van der Waals surface area contributed by atoms with E-state index < -0.39 is 18.0 Å². The highest BCUT2D eigenvalue weighted by molar-refractivity contribution is 6.01. The van der Waals surface area contributed by atoms with Crippen LogP contribution in [0.3, 0.4) is 0 Å². The normalized spacial score (nSPS) is 25.8. The van der Waals surface area contributed by atoms with Crippen molar-refractivity contribution in [2.45, 2.75) is 88.4 Å². The van der Waals surface area contributed by atoms with Crippen LogP contribution in [-0.4, -0.2) is 102 Å². The number of halogens is 2. The number of carbonyl (C=O) groups excluding carboxylic acids is 4. The molecule has 4 heterocycles. The molecule has 0 radical (unpaired) electrons. The fraction of sp³-hybridized carbons (Fsp3) is 0.512. The fourth-order valence-corrected chi connectivity index (χ4v) is 8.89. The molecule has 5 aliphatic rings. The smallest absolute Gasteiger partial charge is 0.414 e. The van der Waals surface area contributed by atoms with Crippen LogP contribution in [0.15, 0.2) is 48.7 Å². The summed E-state index contributed by atoms with van der Waals surface area (Å²) in [7, 11) is 0. The van der Waals surface area contributed by atoms with Crippen LogP contribution in [0, 0.1) is 17.6 Å². The topological polar surface area (TPSA) is 161 Å². The number of carbonyl (C=O) groups is 4. The van der Waals surface area contributed by atoms with Crippen molar-refractivity contribution in [2.24, 2.45) is 5.92 Å². The van der Waals surface area contributed by atoms with E-state index in [2.05, 4.69) is 41.0 Å². The molecule has 0 bridgehead atoms. The van der Waals surface area contributed by atoms with Gasteiger partial charge in [-0.1, -0.05) is 12.1 Å². The molecule has 4 N–H and O–H groups in total. The number of hydrogen-bond donors (Lipinski definition) is 4. The number of piperidine rings is 1. The fourth-order valence-electron chi connectivity index (χ4n) is 8.89. The molecule has 16 heteroatoms. The van der Waals surface area contributed by atoms with Crippen LogP contribution in [-0.2, 0) is 19.1 Å². The van der Waals surface area contributed by atoms with Crippen LogP contribution in [0.1, 0.15) is 64.2 Å². The molecule has 3 aromatic rings. The number of nitrogens with zero attached hydrogens (tertiary/aromatic N) is 5. The first-order valence-corrected chi connectivity index (χ1v) is 20.2. The van der Waals surface area contributed by atoms with Gasteiger partial charge in [0.25, 0.3) is 0 Å². The molecule has 1 unspecified atom stereocenters. The van der Waals surface area contributed by atoms with Crippen LogP contribution in [0.25, 0.3) is 11.3 Å². The van der Waals surface area contributed by atoms with Crippen LogP contribution < -0.4 is 31.1 Å². The van der Waals surface area contributed by atoms with Gasteiger partial charge in [-0.25, -0.2) is 23.5 Å². The summed E-state index contributed by atoms with van der Waals surface area (Å²) in [5.74, 6) is -1.10. The van der Waals surface area contributed by atoms with Crippen molar-refractivity contribution in [1.82, 2.24) is 25.5 Å². The molecular formula is C41H49F2N9O5. The Kier molecular flexibility index (Phi) is 11.5. The van der Waals surface area contributed by atoms with E-state index in [0.717, 1.165) is 70.7 Å². The summed E-state index contributed by atoms with van der Waals surface area (Å²) < 4.78 is 35.1. The van der Waals surface area contributed by atoms with Crippen LogP contribution >= 0.6 is 0 Å². The van der Waals surface area contributed by atoms with Crippen molar-refractivity contribution in [3.8, 4) is 11.3 Å². The average Bonchev–Trinajstić information content (AvgIpc) is 3.66. The van der Waals surface area contributed by atoms with Gasteiger partial charge in [0.1, 0.15) is 24.2 Å². The molecule has 2 aromatic carbocycles. The number of hydrogen-bond acceptors (Lipinski definition) is 11. The van der Waals surface area contributed by atoms with E-state index in [4.69, 9.17) is 4.74 Å². The maximum atomic E-state index is 15.2. The summed E-state index contributed by atoms with van der Waals surface area (Å²) in [5, 5.41) is 12.0. The highest BCUT2D eigenvalue weighted by atomic mass is 19.1. The van der Waals surface area contributed by atoms with Gasteiger partial charge in [0.15, 0.2) is 5.82 Å². The Morgan fingerprint density at radius 2 is 1.60 bits per heavy atom. The van der Waals surface area contributed by atoms with Gasteiger partial charge in [-0.2, -0.15) is 0 Å². The third-order valence-electron chi connectivity index (χ3n) is 12.1. The zero-order valence-electron chi connectivity index (χ0n) is 31.9. The minimum absolute atomic E-state index is 0.000402. The Morgan fingerprint density at radius 1 is 0.825 bits per heavy atom. The standard InChI is InChI=1S/C41H49F2N9O5/c42-32-23-29(45-34-13-15-36(53)48-39(34)55)10-14-35(32)51-18-16-50(17-19-51)30-11-4-25(5-12-30)38(54)46-27-6-8-28(9-7-27)47-40-44-24-33(43)37(49-40)26-2-1-3-31(22-26)52-20-21-57-41(52)56/h1-3,10,14,22-25,27-28,30,34,45H,4-9,11-13,15-21H2,(H,46,54)(H,44,47,49)(H,48,53,55). The van der Waals surface area contributed by atoms with Gasteiger partial charge in [0.2, 0.25) is 23.7 Å². The van der Waals surface area contributed by atoms with Gasteiger partial charge >= 0.3 is 6.09 Å². The van der Waals surface area contributed by atoms with E-state index in [-0.39, 0.29) is 53.7 Å². The summed E-state index contributed by atoms with van der Waals surface area (Å²) in [4.78, 5) is 63.7. The Labute approximate surface area is 330 Å². The van der Waals surface area contributed by atoms with Gasteiger partial charge in [-0.05, 0) is 88.1 Å². The summed E-state index contributed by atoms with van der Waals surface area (Å²) in [6.07, 6.45) is 8.26. The minimum atomic E-state index is -0.564. The van der Waals surface area contributed by atoms with Gasteiger partial charge in [0, 0.05) is 73.6 Å². The zero-order valence-corrected chi connectivity index (χ0v) is 31.9. The minimum Gasteiger partial charge on any atom is -0.447 e. The second-order valence-corrected chi connectivity index (χ2v) is 15.8. The van der Waals surface area contributed by atoms with E-state index in [1.807, 2.05) is 0 Å². The lowest BCUT2D eigenvalue weighted by atomic mass is 9.83. The number of aromatic nitrogens is 2. The number of benzene rings is 2. The van der Waals surface area contributed by atoms with Crippen molar-refractivity contribution in [3.63, 3.8) is 0 Å². The number of amides is 4. The molecule has 1 atom stereocenters. The molecule has 3 aliphatic heterocycles. The number of anilines is 4. The molecule has 8 rings (SSSR count). The van der Waals surface area contributed by atoms with E-state index >= 15 is 4.39 Å². The third-order valence-corrected chi connectivity index (χ3v) is 12.1. The zero-order chi connectivity index (χ0) is 39.5. The van der Waals surface area contributed by atoms with Gasteiger partial charge < -0.3 is 25.6 Å². The van der Waals surface area contributed by atoms with Crippen molar-refractivity contribution < 1.29 is 32.7 Å². The number of imide groups is 1. The highest BCUT2D eigenvalue weighted by Gasteiger charge is 2.33. The van der Waals surface area contributed by atoms with Crippen molar-refractivity contribution in [2.75, 3.05) is 59.8 Å². The van der Waals surface area contributed by atoms with E-state index in [1.165, 1.54) is 11.0 Å². The summed E-state index contributed by atoms with van der Waals surface area (Å²) in [5.41, 5.74) is 2.36. The predicted molar refractivity (Wildman–Crippen MR) is 210 cm³/mol. The van der Waals surface area contributed by atoms with Crippen molar-refractivity contribution >= 4 is 46.8 Å². The molecule has 2 aliphatic carbocycles. The SMILES string of the molecule is O=C1CCC(Nc2ccc(N3CCN(C4CCC(C(=O)NC5CCC(Nc6ncc(F)c(-c7cccc(N8CCOC8=O)c7)n6)CC5)CC4)CC3)c(F)c2)C(=O)N1. The Morgan fingerprint density at radius 3 is 2.32 bits per heavy atom. The highest BCUT2D eigenvalue weighted by Crippen LogP contribution is 2.32. The number of ether oxygens (including phenoxy) is 1. The first kappa shape index (κ1) is 38.5. The average molecular weight is 786 g/mol. The summed E-state index contributed by atoms with van der Waals surface area (Å²) in [6.45, 7) is 3.80. The van der Waals surface area contributed by atoms with E-state index in [1.54, 1.807) is 36.4 Å². The molecule has 14 nitrogen and oxygen atoms in total. The maximum Gasteiger partial charge on any atom is 0.414 e. The number of nitrogens with one attached hydrogen (secondary N) is 4. The van der Waals surface area contributed by atoms with Crippen LogP contribution in [0.4, 0.5) is 36.6 Å². The van der Waals surface area contributed by atoms with Gasteiger partial charge in [-0.3, -0.25) is 29.5 Å². The molecule has 4 amide bonds. The van der Waals surface area contributed by atoms with Crippen molar-refractivity contribution in [3.05, 3.63) is 60.3 Å². The molecule has 302 valence electrons. The molecule has 1 aromatic heterocycles. The largest absolute Gasteiger partial charge is 0.447 e. The molecular weight excluding hydrogens is 737 g/mol. The lowest BCUT2D eigenvalue weighted by Gasteiger charge is -2.42. The third kappa shape index (κ3) is 8.95. The quantitative estimate of drug-likeness (QED) is 0.209. The lowest BCUT2D eigenvalue weighted by molar-refractivity contribution is -0.133. The Bertz CT molecular complexity index is 1980. The second-order valence-electron chi connectivity index (χ2n) is 15.8. The van der Waals surface area contributed by atoms with E-state index in [9.17, 15) is 23.6 Å². The predicted octanol–water partition coefficient (Wildman–Crippen LogP) is 4.82. The summed E-state index contributed by atoms with van der Waals surface area (Å²) in [6, 6.07) is 12.0. The Balaban J connectivity index is 0.753. The Hall–Kier alpha value is -5.38. The van der Waals surface area contributed by atoms with E-state index in [0.29, 0.717) is 67.3 Å². The molecule has 0 spiro atoms. The van der Waals surface area contributed by atoms with Crippen molar-refractivity contribution in [1.29, 1.82) is 0 Å². The van der Waals surface area contributed by atoms with Gasteiger partial charge in [0.05, 0.1) is 18.4 Å². The first-order valence-electron chi connectivity index (χ1n) is 20.2. The number of cyclic esters (lactones) is 1. The number of rotatable bonds is 10. The monoisotopic (exact) mass is 785 g/mol. The van der Waals surface area contributed by atoms with Gasteiger partial charge in [-0.15, -0.1) is 0 Å². The first-order chi connectivity index (χ1) is 27.7. The molecule has 5 fully saturated rings. The molecule has 2 saturated carbocycles. The molecule has 3 saturated heterocycles. The van der Waals surface area contributed by atoms with Crippen LogP contribution in [0.2, 0.25) is 0 Å². The molecule has 57 heavy (non-hydrogen) atoms.